The lowest BCUT2D eigenvalue weighted by Gasteiger charge is -2.09. The Kier molecular flexibility index (Phi) is 4.11. The van der Waals surface area contributed by atoms with E-state index in [2.05, 4.69) is 6.58 Å². The van der Waals surface area contributed by atoms with E-state index in [1.807, 2.05) is 6.92 Å². The fourth-order valence-electron chi connectivity index (χ4n) is 1.50. The number of allylic oxidation sites excluding steroid dienone is 1. The third kappa shape index (κ3) is 2.63. The average Bonchev–Trinajstić information content (AvgIpc) is 2.23. The molecule has 86 valence electrons. The van der Waals surface area contributed by atoms with Crippen molar-refractivity contribution in [2.45, 2.75) is 20.3 Å². The first-order chi connectivity index (χ1) is 7.60. The Morgan fingerprint density at radius 1 is 1.56 bits per heavy atom. The van der Waals surface area contributed by atoms with Crippen LogP contribution in [0.4, 0.5) is 0 Å². The smallest absolute Gasteiger partial charge is 0.338 e. The summed E-state index contributed by atoms with van der Waals surface area (Å²) in [6.07, 6.45) is 2.29. The minimum absolute atomic E-state index is 0.105. The lowest BCUT2D eigenvalue weighted by Crippen LogP contribution is -2.07. The van der Waals surface area contributed by atoms with Gasteiger partial charge in [-0.15, -0.1) is 6.58 Å². The van der Waals surface area contributed by atoms with Crippen molar-refractivity contribution >= 4 is 5.97 Å². The van der Waals surface area contributed by atoms with Gasteiger partial charge in [0.1, 0.15) is 5.75 Å². The molecule has 0 spiro atoms. The minimum atomic E-state index is -0.402. The first-order valence-corrected chi connectivity index (χ1v) is 5.20. The largest absolute Gasteiger partial charge is 0.508 e. The molecule has 3 heteroatoms. The molecule has 0 unspecified atom stereocenters. The summed E-state index contributed by atoms with van der Waals surface area (Å²) in [5, 5.41) is 9.71. The predicted molar refractivity (Wildman–Crippen MR) is 62.7 cm³/mol. The summed E-state index contributed by atoms with van der Waals surface area (Å²) in [5.41, 5.74) is 1.97. The molecule has 0 aliphatic carbocycles. The van der Waals surface area contributed by atoms with Crippen molar-refractivity contribution in [1.82, 2.24) is 0 Å². The summed E-state index contributed by atoms with van der Waals surface area (Å²) in [6, 6.07) is 3.23. The Balaban J connectivity index is 3.09. The summed E-state index contributed by atoms with van der Waals surface area (Å²) in [6.45, 7) is 7.50. The van der Waals surface area contributed by atoms with Crippen LogP contribution in [0.1, 0.15) is 28.4 Å². The molecular formula is C13H16O3. The van der Waals surface area contributed by atoms with E-state index in [9.17, 15) is 9.90 Å². The SMILES string of the molecule is C=CCc1cc(C)c(C(=O)OCC)cc1O. The van der Waals surface area contributed by atoms with Crippen LogP contribution < -0.4 is 0 Å². The fraction of sp³-hybridized carbons (Fsp3) is 0.308. The Hall–Kier alpha value is -1.77. The van der Waals surface area contributed by atoms with Crippen LogP contribution in [-0.2, 0) is 11.2 Å². The molecular weight excluding hydrogens is 204 g/mol. The molecule has 0 heterocycles. The second-order valence-electron chi connectivity index (χ2n) is 3.51. The van der Waals surface area contributed by atoms with Gasteiger partial charge in [-0.3, -0.25) is 0 Å². The van der Waals surface area contributed by atoms with E-state index in [0.717, 1.165) is 11.1 Å². The summed E-state index contributed by atoms with van der Waals surface area (Å²) in [5.74, 6) is -0.297. The third-order valence-electron chi connectivity index (χ3n) is 2.29. The number of hydrogen-bond acceptors (Lipinski definition) is 3. The zero-order valence-corrected chi connectivity index (χ0v) is 9.62. The molecule has 0 aromatic heterocycles. The highest BCUT2D eigenvalue weighted by Gasteiger charge is 2.13. The van der Waals surface area contributed by atoms with Crippen molar-refractivity contribution in [2.24, 2.45) is 0 Å². The molecule has 0 bridgehead atoms. The summed E-state index contributed by atoms with van der Waals surface area (Å²) in [7, 11) is 0. The van der Waals surface area contributed by atoms with Crippen LogP contribution in [0.3, 0.4) is 0 Å². The van der Waals surface area contributed by atoms with Gasteiger partial charge >= 0.3 is 5.97 Å². The molecule has 1 N–H and O–H groups in total. The standard InChI is InChI=1S/C13H16O3/c1-4-6-10-7-9(3)11(8-12(10)14)13(15)16-5-2/h4,7-8,14H,1,5-6H2,2-3H3. The molecule has 3 nitrogen and oxygen atoms in total. The van der Waals surface area contributed by atoms with E-state index in [1.165, 1.54) is 6.07 Å². The van der Waals surface area contributed by atoms with Crippen molar-refractivity contribution in [3.05, 3.63) is 41.5 Å². The molecule has 1 aromatic carbocycles. The maximum Gasteiger partial charge on any atom is 0.338 e. The number of hydrogen-bond donors (Lipinski definition) is 1. The van der Waals surface area contributed by atoms with Gasteiger partial charge in [-0.05, 0) is 37.5 Å². The predicted octanol–water partition coefficient (Wildman–Crippen LogP) is 2.61. The van der Waals surface area contributed by atoms with Gasteiger partial charge in [-0.25, -0.2) is 4.79 Å². The second kappa shape index (κ2) is 5.35. The van der Waals surface area contributed by atoms with Crippen molar-refractivity contribution in [2.75, 3.05) is 6.61 Å². The monoisotopic (exact) mass is 220 g/mol. The summed E-state index contributed by atoms with van der Waals surface area (Å²) >= 11 is 0. The number of phenols is 1. The summed E-state index contributed by atoms with van der Waals surface area (Å²) < 4.78 is 4.89. The van der Waals surface area contributed by atoms with Crippen LogP contribution in [0.2, 0.25) is 0 Å². The molecule has 1 aromatic rings. The number of esters is 1. The van der Waals surface area contributed by atoms with E-state index >= 15 is 0 Å². The number of aryl methyl sites for hydroxylation is 1. The van der Waals surface area contributed by atoms with Gasteiger partial charge in [0.15, 0.2) is 0 Å². The minimum Gasteiger partial charge on any atom is -0.508 e. The fourth-order valence-corrected chi connectivity index (χ4v) is 1.50. The molecule has 0 saturated heterocycles. The normalized spacial score (nSPS) is 9.88. The molecule has 0 aliphatic rings. The van der Waals surface area contributed by atoms with Crippen LogP contribution in [0.5, 0.6) is 5.75 Å². The Labute approximate surface area is 95.4 Å². The van der Waals surface area contributed by atoms with Crippen molar-refractivity contribution in [1.29, 1.82) is 0 Å². The Morgan fingerprint density at radius 3 is 2.81 bits per heavy atom. The van der Waals surface area contributed by atoms with Gasteiger partial charge in [-0.2, -0.15) is 0 Å². The summed E-state index contributed by atoms with van der Waals surface area (Å²) in [4.78, 5) is 11.5. The van der Waals surface area contributed by atoms with Gasteiger partial charge in [-0.1, -0.05) is 12.1 Å². The van der Waals surface area contributed by atoms with Crippen LogP contribution in [-0.4, -0.2) is 17.7 Å². The first-order valence-electron chi connectivity index (χ1n) is 5.20. The van der Waals surface area contributed by atoms with Gasteiger partial charge in [0, 0.05) is 0 Å². The first kappa shape index (κ1) is 12.3. The number of phenolic OH excluding ortho intramolecular Hbond substituents is 1. The lowest BCUT2D eigenvalue weighted by molar-refractivity contribution is 0.0525. The molecule has 0 atom stereocenters. The number of carbonyl (C=O) groups is 1. The van der Waals surface area contributed by atoms with E-state index in [-0.39, 0.29) is 5.75 Å². The number of ether oxygens (including phenoxy) is 1. The maximum absolute atomic E-state index is 11.5. The molecule has 0 aliphatic heterocycles. The van der Waals surface area contributed by atoms with Gasteiger partial charge in [0.05, 0.1) is 12.2 Å². The average molecular weight is 220 g/mol. The van der Waals surface area contributed by atoms with Crippen molar-refractivity contribution < 1.29 is 14.6 Å². The zero-order chi connectivity index (χ0) is 12.1. The topological polar surface area (TPSA) is 46.5 Å². The maximum atomic E-state index is 11.5. The zero-order valence-electron chi connectivity index (χ0n) is 9.62. The van der Waals surface area contributed by atoms with Crippen LogP contribution in [0.15, 0.2) is 24.8 Å². The number of carbonyl (C=O) groups excluding carboxylic acids is 1. The van der Waals surface area contributed by atoms with E-state index in [0.29, 0.717) is 18.6 Å². The highest BCUT2D eigenvalue weighted by atomic mass is 16.5. The number of rotatable bonds is 4. The molecule has 0 radical (unpaired) electrons. The van der Waals surface area contributed by atoms with Crippen molar-refractivity contribution in [3.63, 3.8) is 0 Å². The molecule has 0 amide bonds. The van der Waals surface area contributed by atoms with Crippen LogP contribution in [0.25, 0.3) is 0 Å². The third-order valence-corrected chi connectivity index (χ3v) is 2.29. The molecule has 0 fully saturated rings. The molecule has 1 rings (SSSR count). The van der Waals surface area contributed by atoms with E-state index in [1.54, 1.807) is 19.1 Å². The highest BCUT2D eigenvalue weighted by Crippen LogP contribution is 2.23. The van der Waals surface area contributed by atoms with Crippen LogP contribution in [0, 0.1) is 6.92 Å². The quantitative estimate of drug-likeness (QED) is 0.626. The van der Waals surface area contributed by atoms with E-state index in [4.69, 9.17) is 4.74 Å². The Morgan fingerprint density at radius 2 is 2.25 bits per heavy atom. The molecule has 0 saturated carbocycles. The number of aromatic hydroxyl groups is 1. The van der Waals surface area contributed by atoms with Crippen molar-refractivity contribution in [3.8, 4) is 5.75 Å². The van der Waals surface area contributed by atoms with Crippen LogP contribution >= 0.6 is 0 Å². The lowest BCUT2D eigenvalue weighted by atomic mass is 10.0. The Bertz CT molecular complexity index is 408. The highest BCUT2D eigenvalue weighted by molar-refractivity contribution is 5.91. The van der Waals surface area contributed by atoms with Gasteiger partial charge in [0.25, 0.3) is 0 Å². The van der Waals surface area contributed by atoms with Gasteiger partial charge < -0.3 is 9.84 Å². The molecule has 16 heavy (non-hydrogen) atoms. The van der Waals surface area contributed by atoms with Gasteiger partial charge in [0.2, 0.25) is 0 Å². The number of benzene rings is 1. The van der Waals surface area contributed by atoms with E-state index < -0.39 is 5.97 Å². The second-order valence-corrected chi connectivity index (χ2v) is 3.51.